The molecule has 0 unspecified atom stereocenters. The van der Waals surface area contributed by atoms with Crippen molar-refractivity contribution in [1.82, 2.24) is 0 Å². The van der Waals surface area contributed by atoms with Crippen LogP contribution in [0.15, 0.2) is 42.5 Å². The number of carbonyl (C=O) groups is 2. The van der Waals surface area contributed by atoms with Gasteiger partial charge in [0.1, 0.15) is 17.2 Å². The first-order chi connectivity index (χ1) is 14.5. The van der Waals surface area contributed by atoms with E-state index in [1.54, 1.807) is 45.9 Å². The Morgan fingerprint density at radius 1 is 1.00 bits per heavy atom. The molecule has 0 fully saturated rings. The first-order valence-corrected chi connectivity index (χ1v) is 9.81. The number of carbonyl (C=O) groups excluding carboxylic acids is 2. The molecule has 0 aliphatic carbocycles. The van der Waals surface area contributed by atoms with Gasteiger partial charge in [0.25, 0.3) is 0 Å². The van der Waals surface area contributed by atoms with Crippen LogP contribution >= 0.6 is 0 Å². The summed E-state index contributed by atoms with van der Waals surface area (Å²) in [4.78, 5) is 24.5. The van der Waals surface area contributed by atoms with Gasteiger partial charge in [0.15, 0.2) is 0 Å². The highest BCUT2D eigenvalue weighted by atomic mass is 19.1. The number of nitrogens with one attached hydrogen (secondary N) is 3. The number of ether oxygens (including phenoxy) is 1. The standard InChI is InChI=1S/C23H27F2N3O3/c1-6-26-19-9-7-15(14(2)11-21(29)31-23(3,4)5)12-20(19)28-22(30)27-18-10-8-16(24)13-17(18)25/h7-13,26H,6H2,1-5H3,(H2,27,28,30)/b14-11-. The lowest BCUT2D eigenvalue weighted by atomic mass is 10.1. The second kappa shape index (κ2) is 10.1. The summed E-state index contributed by atoms with van der Waals surface area (Å²) >= 11 is 0. The number of allylic oxidation sites excluding steroid dienone is 1. The summed E-state index contributed by atoms with van der Waals surface area (Å²) in [5.74, 6) is -2.09. The third kappa shape index (κ3) is 7.40. The number of halogens is 2. The molecule has 8 heteroatoms. The molecule has 31 heavy (non-hydrogen) atoms. The van der Waals surface area contributed by atoms with E-state index in [9.17, 15) is 18.4 Å². The molecule has 166 valence electrons. The fourth-order valence-corrected chi connectivity index (χ4v) is 2.70. The highest BCUT2D eigenvalue weighted by Crippen LogP contribution is 2.27. The van der Waals surface area contributed by atoms with Crippen molar-refractivity contribution in [3.8, 4) is 0 Å². The van der Waals surface area contributed by atoms with Crippen molar-refractivity contribution in [2.45, 2.75) is 40.2 Å². The molecule has 3 N–H and O–H groups in total. The minimum absolute atomic E-state index is 0.152. The zero-order valence-electron chi connectivity index (χ0n) is 18.2. The van der Waals surface area contributed by atoms with Crippen molar-refractivity contribution < 1.29 is 23.1 Å². The molecule has 0 aromatic heterocycles. The van der Waals surface area contributed by atoms with Crippen LogP contribution < -0.4 is 16.0 Å². The van der Waals surface area contributed by atoms with Gasteiger partial charge in [-0.15, -0.1) is 0 Å². The quantitative estimate of drug-likeness (QED) is 0.400. The third-order valence-electron chi connectivity index (χ3n) is 4.01. The number of hydrogen-bond acceptors (Lipinski definition) is 4. The van der Waals surface area contributed by atoms with Crippen LogP contribution in [0.3, 0.4) is 0 Å². The Morgan fingerprint density at radius 2 is 1.65 bits per heavy atom. The Kier molecular flexibility index (Phi) is 7.74. The Balaban J connectivity index is 2.24. The topological polar surface area (TPSA) is 79.5 Å². The minimum atomic E-state index is -0.882. The Hall–Kier alpha value is -3.42. The number of hydrogen-bond donors (Lipinski definition) is 3. The van der Waals surface area contributed by atoms with E-state index < -0.39 is 29.2 Å². The average Bonchev–Trinajstić information content (AvgIpc) is 2.64. The first-order valence-electron chi connectivity index (χ1n) is 9.81. The van der Waals surface area contributed by atoms with Crippen LogP contribution in [0, 0.1) is 11.6 Å². The molecular weight excluding hydrogens is 404 g/mol. The lowest BCUT2D eigenvalue weighted by molar-refractivity contribution is -0.148. The van der Waals surface area contributed by atoms with Gasteiger partial charge in [0.2, 0.25) is 0 Å². The predicted octanol–water partition coefficient (Wildman–Crippen LogP) is 5.79. The normalized spacial score (nSPS) is 11.6. The van der Waals surface area contributed by atoms with Crippen LogP contribution in [0.5, 0.6) is 0 Å². The molecule has 2 rings (SSSR count). The Bertz CT molecular complexity index is 998. The summed E-state index contributed by atoms with van der Waals surface area (Å²) in [6, 6.07) is 7.43. The van der Waals surface area contributed by atoms with E-state index in [2.05, 4.69) is 16.0 Å². The molecule has 0 aliphatic rings. The highest BCUT2D eigenvalue weighted by Gasteiger charge is 2.16. The zero-order chi connectivity index (χ0) is 23.2. The molecule has 2 aromatic rings. The first kappa shape index (κ1) is 23.9. The molecule has 2 amide bonds. The van der Waals surface area contributed by atoms with E-state index >= 15 is 0 Å². The molecule has 0 heterocycles. The van der Waals surface area contributed by atoms with Gasteiger partial charge in [-0.05, 0) is 70.0 Å². The second-order valence-electron chi connectivity index (χ2n) is 7.85. The van der Waals surface area contributed by atoms with Crippen molar-refractivity contribution in [3.05, 3.63) is 59.7 Å². The maximum atomic E-state index is 13.8. The molecule has 0 atom stereocenters. The summed E-state index contributed by atoms with van der Waals surface area (Å²) in [6.07, 6.45) is 1.38. The van der Waals surface area contributed by atoms with Gasteiger partial charge in [-0.1, -0.05) is 6.07 Å². The van der Waals surface area contributed by atoms with Crippen LogP contribution in [-0.4, -0.2) is 24.1 Å². The number of esters is 1. The van der Waals surface area contributed by atoms with Gasteiger partial charge in [0.05, 0.1) is 17.1 Å². The molecule has 0 radical (unpaired) electrons. The van der Waals surface area contributed by atoms with Gasteiger partial charge in [0, 0.05) is 18.7 Å². The summed E-state index contributed by atoms with van der Waals surface area (Å²) in [6.45, 7) is 9.61. The fourth-order valence-electron chi connectivity index (χ4n) is 2.70. The van der Waals surface area contributed by atoms with E-state index in [0.29, 0.717) is 35.1 Å². The summed E-state index contributed by atoms with van der Waals surface area (Å²) in [5, 5.41) is 8.13. The summed E-state index contributed by atoms with van der Waals surface area (Å²) in [7, 11) is 0. The van der Waals surface area contributed by atoms with E-state index in [-0.39, 0.29) is 5.69 Å². The Labute approximate surface area is 180 Å². The number of urea groups is 1. The number of rotatable bonds is 6. The van der Waals surface area contributed by atoms with Gasteiger partial charge in [-0.2, -0.15) is 0 Å². The maximum absolute atomic E-state index is 13.8. The Morgan fingerprint density at radius 3 is 2.26 bits per heavy atom. The van der Waals surface area contributed by atoms with Crippen molar-refractivity contribution in [1.29, 1.82) is 0 Å². The van der Waals surface area contributed by atoms with E-state index in [0.717, 1.165) is 12.1 Å². The maximum Gasteiger partial charge on any atom is 0.331 e. The average molecular weight is 431 g/mol. The number of benzene rings is 2. The van der Waals surface area contributed by atoms with Crippen LogP contribution in [0.4, 0.5) is 30.6 Å². The molecule has 0 spiro atoms. The van der Waals surface area contributed by atoms with Crippen molar-refractivity contribution >= 4 is 34.6 Å². The molecule has 2 aromatic carbocycles. The van der Waals surface area contributed by atoms with Gasteiger partial charge in [-0.25, -0.2) is 18.4 Å². The van der Waals surface area contributed by atoms with Crippen LogP contribution in [-0.2, 0) is 9.53 Å². The largest absolute Gasteiger partial charge is 0.457 e. The zero-order valence-corrected chi connectivity index (χ0v) is 18.2. The number of anilines is 3. The smallest absolute Gasteiger partial charge is 0.331 e. The monoisotopic (exact) mass is 431 g/mol. The van der Waals surface area contributed by atoms with Crippen LogP contribution in [0.1, 0.15) is 40.2 Å². The van der Waals surface area contributed by atoms with Gasteiger partial charge >= 0.3 is 12.0 Å². The van der Waals surface area contributed by atoms with Crippen molar-refractivity contribution in [2.75, 3.05) is 22.5 Å². The van der Waals surface area contributed by atoms with Crippen LogP contribution in [0.25, 0.3) is 5.57 Å². The molecule has 0 saturated heterocycles. The lowest BCUT2D eigenvalue weighted by Crippen LogP contribution is -2.22. The summed E-state index contributed by atoms with van der Waals surface area (Å²) < 4.78 is 32.2. The molecule has 0 bridgehead atoms. The predicted molar refractivity (Wildman–Crippen MR) is 119 cm³/mol. The van der Waals surface area contributed by atoms with Crippen LogP contribution in [0.2, 0.25) is 0 Å². The SMILES string of the molecule is CCNc1ccc(/C(C)=C\C(=O)OC(C)(C)C)cc1NC(=O)Nc1ccc(F)cc1F. The third-order valence-corrected chi connectivity index (χ3v) is 4.01. The summed E-state index contributed by atoms with van der Waals surface area (Å²) in [5.41, 5.74) is 1.65. The van der Waals surface area contributed by atoms with Gasteiger partial charge in [-0.3, -0.25) is 0 Å². The molecule has 6 nitrogen and oxygen atoms in total. The van der Waals surface area contributed by atoms with E-state index in [4.69, 9.17) is 4.74 Å². The lowest BCUT2D eigenvalue weighted by Gasteiger charge is -2.18. The minimum Gasteiger partial charge on any atom is -0.457 e. The second-order valence-corrected chi connectivity index (χ2v) is 7.85. The number of amides is 2. The highest BCUT2D eigenvalue weighted by molar-refractivity contribution is 6.02. The molecular formula is C23H27F2N3O3. The van der Waals surface area contributed by atoms with Crippen molar-refractivity contribution in [2.24, 2.45) is 0 Å². The molecule has 0 aliphatic heterocycles. The van der Waals surface area contributed by atoms with Gasteiger partial charge < -0.3 is 20.7 Å². The van der Waals surface area contributed by atoms with Crippen molar-refractivity contribution in [3.63, 3.8) is 0 Å². The fraction of sp³-hybridized carbons (Fsp3) is 0.304. The van der Waals surface area contributed by atoms with E-state index in [1.807, 2.05) is 6.92 Å². The van der Waals surface area contributed by atoms with E-state index in [1.165, 1.54) is 6.08 Å². The molecule has 0 saturated carbocycles.